The molecule has 5 heteroatoms. The van der Waals surface area contributed by atoms with E-state index in [-0.39, 0.29) is 6.61 Å². The average Bonchev–Trinajstić information content (AvgIpc) is 2.22. The van der Waals surface area contributed by atoms with Gasteiger partial charge in [0, 0.05) is 6.07 Å². The van der Waals surface area contributed by atoms with E-state index in [0.29, 0.717) is 32.0 Å². The van der Waals surface area contributed by atoms with E-state index < -0.39 is 22.5 Å². The Morgan fingerprint density at radius 3 is 2.17 bits per heavy atom. The van der Waals surface area contributed by atoms with Crippen molar-refractivity contribution >= 4 is 0 Å². The van der Waals surface area contributed by atoms with Crippen molar-refractivity contribution in [3.8, 4) is 0 Å². The van der Waals surface area contributed by atoms with Gasteiger partial charge in [-0.05, 0) is 11.6 Å². The second kappa shape index (κ2) is 3.98. The van der Waals surface area contributed by atoms with Crippen molar-refractivity contribution in [2.75, 3.05) is 33.0 Å². The summed E-state index contributed by atoms with van der Waals surface area (Å²) < 4.78 is 37.4. The highest BCUT2D eigenvalue weighted by Gasteiger charge is 2.61. The van der Waals surface area contributed by atoms with E-state index in [1.165, 1.54) is 12.1 Å². The van der Waals surface area contributed by atoms with Crippen molar-refractivity contribution in [2.45, 2.75) is 5.41 Å². The highest BCUT2D eigenvalue weighted by Crippen LogP contribution is 2.52. The van der Waals surface area contributed by atoms with Gasteiger partial charge in [-0.1, -0.05) is 6.07 Å². The number of rotatable bonds is 3. The van der Waals surface area contributed by atoms with Gasteiger partial charge in [-0.3, -0.25) is 0 Å². The molecule has 0 aliphatic carbocycles. The molecule has 0 atom stereocenters. The van der Waals surface area contributed by atoms with Crippen LogP contribution in [-0.4, -0.2) is 38.1 Å². The number of hydrogen-bond donors (Lipinski definition) is 1. The molecule has 0 aromatic heterocycles. The molecule has 1 N–H and O–H groups in total. The van der Waals surface area contributed by atoms with Crippen LogP contribution in [0.2, 0.25) is 0 Å². The maximum absolute atomic E-state index is 14.0. The monoisotopic (exact) mass is 256 g/mol. The highest BCUT2D eigenvalue weighted by molar-refractivity contribution is 5.34. The fourth-order valence-corrected chi connectivity index (χ4v) is 2.80. The summed E-state index contributed by atoms with van der Waals surface area (Å²) in [5.74, 6) is -1.19. The van der Waals surface area contributed by atoms with E-state index in [1.54, 1.807) is 0 Å². The molecule has 0 radical (unpaired) electrons. The van der Waals surface area contributed by atoms with Gasteiger partial charge >= 0.3 is 0 Å². The van der Waals surface area contributed by atoms with Crippen molar-refractivity contribution in [1.29, 1.82) is 0 Å². The summed E-state index contributed by atoms with van der Waals surface area (Å²) in [6.45, 7) is 1.33. The molecule has 1 aromatic rings. The second-order valence-corrected chi connectivity index (χ2v) is 5.13. The SMILES string of the molecule is OCC1(C2(c3ccc(F)cc3F)COC2)COC1. The molecule has 98 valence electrons. The quantitative estimate of drug-likeness (QED) is 0.884. The zero-order valence-corrected chi connectivity index (χ0v) is 9.79. The Labute approximate surface area is 103 Å². The molecule has 2 saturated heterocycles. The van der Waals surface area contributed by atoms with Gasteiger partial charge in [0.15, 0.2) is 0 Å². The first-order chi connectivity index (χ1) is 8.63. The van der Waals surface area contributed by atoms with Crippen molar-refractivity contribution < 1.29 is 23.4 Å². The average molecular weight is 256 g/mol. The number of halogens is 2. The van der Waals surface area contributed by atoms with Crippen LogP contribution >= 0.6 is 0 Å². The lowest BCUT2D eigenvalue weighted by molar-refractivity contribution is -0.242. The van der Waals surface area contributed by atoms with Crippen molar-refractivity contribution in [3.63, 3.8) is 0 Å². The second-order valence-electron chi connectivity index (χ2n) is 5.13. The zero-order valence-electron chi connectivity index (χ0n) is 9.79. The van der Waals surface area contributed by atoms with Crippen LogP contribution in [0, 0.1) is 17.0 Å². The summed E-state index contributed by atoms with van der Waals surface area (Å²) in [7, 11) is 0. The topological polar surface area (TPSA) is 38.7 Å². The molecule has 1 aromatic carbocycles. The molecule has 0 amide bonds. The Hall–Kier alpha value is -1.04. The predicted molar refractivity (Wildman–Crippen MR) is 59.2 cm³/mol. The fourth-order valence-electron chi connectivity index (χ4n) is 2.80. The summed E-state index contributed by atoms with van der Waals surface area (Å²) in [5.41, 5.74) is -0.700. The maximum Gasteiger partial charge on any atom is 0.130 e. The van der Waals surface area contributed by atoms with Gasteiger partial charge in [-0.15, -0.1) is 0 Å². The number of aliphatic hydroxyl groups is 1. The Morgan fingerprint density at radius 1 is 1.11 bits per heavy atom. The van der Waals surface area contributed by atoms with Crippen LogP contribution in [0.1, 0.15) is 5.56 Å². The van der Waals surface area contributed by atoms with Gasteiger partial charge in [-0.25, -0.2) is 8.78 Å². The van der Waals surface area contributed by atoms with Crippen LogP contribution in [0.15, 0.2) is 18.2 Å². The largest absolute Gasteiger partial charge is 0.396 e. The number of ether oxygens (including phenoxy) is 2. The number of benzene rings is 1. The lowest BCUT2D eigenvalue weighted by Crippen LogP contribution is -2.68. The van der Waals surface area contributed by atoms with E-state index >= 15 is 0 Å². The molecular weight excluding hydrogens is 242 g/mol. The molecule has 2 fully saturated rings. The fraction of sp³-hybridized carbons (Fsp3) is 0.538. The molecule has 0 unspecified atom stereocenters. The summed E-state index contributed by atoms with van der Waals surface area (Å²) >= 11 is 0. The Bertz CT molecular complexity index is 462. The first-order valence-electron chi connectivity index (χ1n) is 5.85. The Balaban J connectivity index is 2.06. The first-order valence-corrected chi connectivity index (χ1v) is 5.85. The molecule has 2 aliphatic rings. The molecule has 3 rings (SSSR count). The molecule has 0 spiro atoms. The minimum Gasteiger partial charge on any atom is -0.396 e. The van der Waals surface area contributed by atoms with Crippen LogP contribution in [0.4, 0.5) is 8.78 Å². The molecule has 3 nitrogen and oxygen atoms in total. The molecule has 18 heavy (non-hydrogen) atoms. The summed E-state index contributed by atoms with van der Waals surface area (Å²) in [5, 5.41) is 9.61. The van der Waals surface area contributed by atoms with E-state index in [2.05, 4.69) is 0 Å². The lowest BCUT2D eigenvalue weighted by Gasteiger charge is -2.58. The minimum atomic E-state index is -0.602. The maximum atomic E-state index is 14.0. The summed E-state index contributed by atoms with van der Waals surface area (Å²) in [4.78, 5) is 0. The number of aliphatic hydroxyl groups excluding tert-OH is 1. The van der Waals surface area contributed by atoms with Gasteiger partial charge < -0.3 is 14.6 Å². The van der Waals surface area contributed by atoms with E-state index in [1.807, 2.05) is 0 Å². The van der Waals surface area contributed by atoms with Gasteiger partial charge in [0.1, 0.15) is 11.6 Å². The molecule has 0 bridgehead atoms. The van der Waals surface area contributed by atoms with Crippen LogP contribution in [0.5, 0.6) is 0 Å². The van der Waals surface area contributed by atoms with Gasteiger partial charge in [-0.2, -0.15) is 0 Å². The molecule has 0 saturated carbocycles. The first kappa shape index (κ1) is 12.0. The summed E-state index contributed by atoms with van der Waals surface area (Å²) in [6, 6.07) is 3.56. The van der Waals surface area contributed by atoms with Crippen LogP contribution in [0.3, 0.4) is 0 Å². The normalized spacial score (nSPS) is 24.2. The lowest BCUT2D eigenvalue weighted by atomic mass is 9.57. The number of hydrogen-bond acceptors (Lipinski definition) is 3. The van der Waals surface area contributed by atoms with Gasteiger partial charge in [0.05, 0.1) is 43.9 Å². The Morgan fingerprint density at radius 2 is 1.78 bits per heavy atom. The van der Waals surface area contributed by atoms with Crippen LogP contribution in [-0.2, 0) is 14.9 Å². The van der Waals surface area contributed by atoms with E-state index in [0.717, 1.165) is 6.07 Å². The minimum absolute atomic E-state index is 0.0901. The van der Waals surface area contributed by atoms with Crippen molar-refractivity contribution in [3.05, 3.63) is 35.4 Å². The van der Waals surface area contributed by atoms with Gasteiger partial charge in [0.25, 0.3) is 0 Å². The zero-order chi connectivity index (χ0) is 12.8. The molecular formula is C13H14F2O3. The molecule has 2 heterocycles. The predicted octanol–water partition coefficient (Wildman–Crippen LogP) is 1.24. The third-order valence-electron chi connectivity index (χ3n) is 4.22. The van der Waals surface area contributed by atoms with E-state index in [4.69, 9.17) is 9.47 Å². The standard InChI is InChI=1S/C13H14F2O3/c14-9-1-2-10(11(15)3-9)13(7-18-8-13)12(4-16)5-17-6-12/h1-3,16H,4-8H2. The van der Waals surface area contributed by atoms with Gasteiger partial charge in [0.2, 0.25) is 0 Å². The van der Waals surface area contributed by atoms with Crippen LogP contribution in [0.25, 0.3) is 0 Å². The van der Waals surface area contributed by atoms with E-state index in [9.17, 15) is 13.9 Å². The third kappa shape index (κ3) is 1.38. The highest BCUT2D eigenvalue weighted by atomic mass is 19.1. The van der Waals surface area contributed by atoms with Crippen LogP contribution < -0.4 is 0 Å². The van der Waals surface area contributed by atoms with Crippen molar-refractivity contribution in [1.82, 2.24) is 0 Å². The third-order valence-corrected chi connectivity index (χ3v) is 4.22. The Kier molecular flexibility index (Phi) is 2.66. The smallest absolute Gasteiger partial charge is 0.130 e. The van der Waals surface area contributed by atoms with Crippen molar-refractivity contribution in [2.24, 2.45) is 5.41 Å². The summed E-state index contributed by atoms with van der Waals surface area (Å²) in [6.07, 6.45) is 0. The molecule has 2 aliphatic heterocycles.